The van der Waals surface area contributed by atoms with Crippen LogP contribution < -0.4 is 0 Å². The van der Waals surface area contributed by atoms with Crippen LogP contribution in [0.5, 0.6) is 0 Å². The molecule has 3 nitrogen and oxygen atoms in total. The third kappa shape index (κ3) is 2.84. The second-order valence-electron chi connectivity index (χ2n) is 3.61. The van der Waals surface area contributed by atoms with Gasteiger partial charge in [-0.15, -0.1) is 0 Å². The van der Waals surface area contributed by atoms with Crippen LogP contribution in [-0.4, -0.2) is 35.6 Å². The highest BCUT2D eigenvalue weighted by molar-refractivity contribution is 5.69. The fourth-order valence-electron chi connectivity index (χ4n) is 1.79. The van der Waals surface area contributed by atoms with Crippen molar-refractivity contribution in [3.05, 3.63) is 12.2 Å². The number of rotatable bonds is 4. The molecule has 1 heterocycles. The second kappa shape index (κ2) is 4.42. The van der Waals surface area contributed by atoms with E-state index in [1.165, 1.54) is 0 Å². The lowest BCUT2D eigenvalue weighted by Crippen LogP contribution is -2.20. The zero-order valence-corrected chi connectivity index (χ0v) is 8.12. The molecule has 0 aromatic carbocycles. The number of nitrogens with zero attached hydrogens (tertiary/aromatic N) is 1. The molecular weight excluding hydrogens is 166 g/mol. The second-order valence-corrected chi connectivity index (χ2v) is 3.61. The van der Waals surface area contributed by atoms with Gasteiger partial charge in [0.05, 0.1) is 6.42 Å². The van der Waals surface area contributed by atoms with Gasteiger partial charge in [0.1, 0.15) is 0 Å². The van der Waals surface area contributed by atoms with Crippen molar-refractivity contribution in [3.63, 3.8) is 0 Å². The molecule has 0 aromatic heterocycles. The van der Waals surface area contributed by atoms with Crippen molar-refractivity contribution in [2.24, 2.45) is 5.92 Å². The molecule has 1 N–H and O–H groups in total. The summed E-state index contributed by atoms with van der Waals surface area (Å²) in [6.45, 7) is 9.09. The molecule has 0 radical (unpaired) electrons. The Morgan fingerprint density at radius 3 is 2.85 bits per heavy atom. The fraction of sp³-hybridized carbons (Fsp3) is 0.700. The Labute approximate surface area is 79.0 Å². The number of carboxylic acid groups (broad SMARTS) is 1. The van der Waals surface area contributed by atoms with E-state index in [0.29, 0.717) is 5.92 Å². The van der Waals surface area contributed by atoms with Crippen LogP contribution in [0.1, 0.15) is 19.8 Å². The van der Waals surface area contributed by atoms with E-state index in [9.17, 15) is 4.79 Å². The first kappa shape index (κ1) is 10.3. The topological polar surface area (TPSA) is 40.5 Å². The molecule has 13 heavy (non-hydrogen) atoms. The van der Waals surface area contributed by atoms with Gasteiger partial charge in [-0.2, -0.15) is 0 Å². The molecule has 1 saturated heterocycles. The Bertz CT molecular complexity index is 213. The number of likely N-dealkylation sites (tertiary alicyclic amines) is 1. The third-order valence-corrected chi connectivity index (χ3v) is 2.68. The minimum absolute atomic E-state index is 0.127. The van der Waals surface area contributed by atoms with Crippen LogP contribution in [0, 0.1) is 5.92 Å². The summed E-state index contributed by atoms with van der Waals surface area (Å²) in [6, 6.07) is 0. The van der Waals surface area contributed by atoms with E-state index in [-0.39, 0.29) is 6.42 Å². The standard InChI is InChI=1S/C10H17NO2/c1-3-11-5-4-9(7-11)8(2)6-10(12)13/h9H,2-7H2,1H3,(H,12,13). The molecule has 1 fully saturated rings. The van der Waals surface area contributed by atoms with Gasteiger partial charge < -0.3 is 10.0 Å². The van der Waals surface area contributed by atoms with Crippen LogP contribution in [-0.2, 0) is 4.79 Å². The van der Waals surface area contributed by atoms with Gasteiger partial charge in [-0.3, -0.25) is 4.79 Å². The van der Waals surface area contributed by atoms with E-state index >= 15 is 0 Å². The molecule has 0 amide bonds. The van der Waals surface area contributed by atoms with Crippen LogP contribution in [0.3, 0.4) is 0 Å². The van der Waals surface area contributed by atoms with Crippen molar-refractivity contribution in [2.45, 2.75) is 19.8 Å². The van der Waals surface area contributed by atoms with Gasteiger partial charge in [-0.25, -0.2) is 0 Å². The van der Waals surface area contributed by atoms with Crippen LogP contribution in [0.4, 0.5) is 0 Å². The zero-order valence-electron chi connectivity index (χ0n) is 8.12. The smallest absolute Gasteiger partial charge is 0.307 e. The first-order valence-electron chi connectivity index (χ1n) is 4.75. The predicted molar refractivity (Wildman–Crippen MR) is 51.6 cm³/mol. The molecule has 1 aliphatic heterocycles. The van der Waals surface area contributed by atoms with Crippen molar-refractivity contribution in [3.8, 4) is 0 Å². The first-order chi connectivity index (χ1) is 6.13. The highest BCUT2D eigenvalue weighted by Gasteiger charge is 2.24. The highest BCUT2D eigenvalue weighted by Crippen LogP contribution is 2.24. The number of aliphatic carboxylic acids is 1. The molecule has 0 aliphatic carbocycles. The van der Waals surface area contributed by atoms with Gasteiger partial charge in [0.2, 0.25) is 0 Å². The quantitative estimate of drug-likeness (QED) is 0.669. The lowest BCUT2D eigenvalue weighted by molar-refractivity contribution is -0.136. The van der Waals surface area contributed by atoms with E-state index < -0.39 is 5.97 Å². The maximum atomic E-state index is 10.4. The fourth-order valence-corrected chi connectivity index (χ4v) is 1.79. The summed E-state index contributed by atoms with van der Waals surface area (Å²) in [5.41, 5.74) is 0.878. The zero-order chi connectivity index (χ0) is 9.84. The molecule has 0 saturated carbocycles. The average molecular weight is 183 g/mol. The van der Waals surface area contributed by atoms with Crippen molar-refractivity contribution in [1.29, 1.82) is 0 Å². The third-order valence-electron chi connectivity index (χ3n) is 2.68. The maximum absolute atomic E-state index is 10.4. The predicted octanol–water partition coefficient (Wildman–Crippen LogP) is 1.36. The maximum Gasteiger partial charge on any atom is 0.307 e. The average Bonchev–Trinajstić information content (AvgIpc) is 2.50. The van der Waals surface area contributed by atoms with Crippen LogP contribution in [0.15, 0.2) is 12.2 Å². The van der Waals surface area contributed by atoms with E-state index in [0.717, 1.165) is 31.6 Å². The van der Waals surface area contributed by atoms with E-state index in [1.807, 2.05) is 0 Å². The number of hydrogen-bond acceptors (Lipinski definition) is 2. The lowest BCUT2D eigenvalue weighted by Gasteiger charge is -2.13. The molecule has 0 aromatic rings. The summed E-state index contributed by atoms with van der Waals surface area (Å²) in [5.74, 6) is -0.365. The molecule has 1 unspecified atom stereocenters. The molecule has 0 bridgehead atoms. The van der Waals surface area contributed by atoms with E-state index in [4.69, 9.17) is 5.11 Å². The highest BCUT2D eigenvalue weighted by atomic mass is 16.4. The normalized spacial score (nSPS) is 23.3. The summed E-state index contributed by atoms with van der Waals surface area (Å²) in [6.07, 6.45) is 1.20. The van der Waals surface area contributed by atoms with Crippen LogP contribution in [0.25, 0.3) is 0 Å². The Morgan fingerprint density at radius 1 is 1.69 bits per heavy atom. The van der Waals surface area contributed by atoms with Crippen molar-refractivity contribution in [1.82, 2.24) is 4.90 Å². The summed E-state index contributed by atoms with van der Waals surface area (Å²) >= 11 is 0. The summed E-state index contributed by atoms with van der Waals surface area (Å²) in [5, 5.41) is 8.59. The summed E-state index contributed by atoms with van der Waals surface area (Å²) in [7, 11) is 0. The van der Waals surface area contributed by atoms with Gasteiger partial charge in [0, 0.05) is 6.54 Å². The molecular formula is C10H17NO2. The largest absolute Gasteiger partial charge is 0.481 e. The van der Waals surface area contributed by atoms with Crippen LogP contribution in [0.2, 0.25) is 0 Å². The molecule has 0 spiro atoms. The Kier molecular flexibility index (Phi) is 3.48. The summed E-state index contributed by atoms with van der Waals surface area (Å²) < 4.78 is 0. The monoisotopic (exact) mass is 183 g/mol. The Balaban J connectivity index is 2.37. The molecule has 1 aliphatic rings. The van der Waals surface area contributed by atoms with Gasteiger partial charge in [-0.1, -0.05) is 19.1 Å². The lowest BCUT2D eigenvalue weighted by atomic mass is 9.97. The first-order valence-corrected chi connectivity index (χ1v) is 4.75. The van der Waals surface area contributed by atoms with E-state index in [1.54, 1.807) is 0 Å². The Hall–Kier alpha value is -0.830. The van der Waals surface area contributed by atoms with Crippen molar-refractivity contribution < 1.29 is 9.90 Å². The molecule has 1 atom stereocenters. The van der Waals surface area contributed by atoms with E-state index in [2.05, 4.69) is 18.4 Å². The van der Waals surface area contributed by atoms with Crippen LogP contribution >= 0.6 is 0 Å². The molecule has 3 heteroatoms. The van der Waals surface area contributed by atoms with Gasteiger partial charge in [0.15, 0.2) is 0 Å². The Morgan fingerprint density at radius 2 is 2.38 bits per heavy atom. The number of hydrogen-bond donors (Lipinski definition) is 1. The minimum Gasteiger partial charge on any atom is -0.481 e. The number of carbonyl (C=O) groups is 1. The van der Waals surface area contributed by atoms with Gasteiger partial charge >= 0.3 is 5.97 Å². The molecule has 1 rings (SSSR count). The van der Waals surface area contributed by atoms with Gasteiger partial charge in [-0.05, 0) is 25.4 Å². The van der Waals surface area contributed by atoms with Gasteiger partial charge in [0.25, 0.3) is 0 Å². The number of carboxylic acids is 1. The van der Waals surface area contributed by atoms with Crippen molar-refractivity contribution >= 4 is 5.97 Å². The SMILES string of the molecule is C=C(CC(=O)O)C1CCN(CC)C1. The summed E-state index contributed by atoms with van der Waals surface area (Å²) in [4.78, 5) is 12.8. The molecule has 74 valence electrons. The van der Waals surface area contributed by atoms with Crippen molar-refractivity contribution in [2.75, 3.05) is 19.6 Å². The minimum atomic E-state index is -0.764.